The zero-order valence-electron chi connectivity index (χ0n) is 8.43. The molecule has 0 saturated carbocycles. The highest BCUT2D eigenvalue weighted by Gasteiger charge is 2.04. The number of rotatable bonds is 3. The Balaban J connectivity index is 2.34. The van der Waals surface area contributed by atoms with Crippen molar-refractivity contribution in [3.8, 4) is 0 Å². The second-order valence-electron chi connectivity index (χ2n) is 3.42. The van der Waals surface area contributed by atoms with Gasteiger partial charge in [-0.3, -0.25) is 4.79 Å². The number of thiazole rings is 1. The molecular weight excluding hydrogens is 206 g/mol. The van der Waals surface area contributed by atoms with E-state index >= 15 is 0 Å². The molecule has 0 aliphatic carbocycles. The first kappa shape index (κ1) is 10.1. The molecule has 1 aromatic heterocycles. The molecule has 2 nitrogen and oxygen atoms in total. The monoisotopic (exact) mass is 217 g/mol. The van der Waals surface area contributed by atoms with E-state index in [1.165, 1.54) is 5.56 Å². The van der Waals surface area contributed by atoms with Crippen LogP contribution in [0.5, 0.6) is 0 Å². The largest absolute Gasteiger partial charge is 0.298 e. The second-order valence-corrected chi connectivity index (χ2v) is 4.40. The first-order chi connectivity index (χ1) is 7.29. The number of aromatic nitrogens is 1. The first-order valence-electron chi connectivity index (χ1n) is 4.72. The van der Waals surface area contributed by atoms with Crippen LogP contribution in [0.15, 0.2) is 29.8 Å². The van der Waals surface area contributed by atoms with Gasteiger partial charge in [0, 0.05) is 23.6 Å². The highest BCUT2D eigenvalue weighted by Crippen LogP contribution is 2.16. The Kier molecular flexibility index (Phi) is 2.92. The molecule has 1 heterocycles. The van der Waals surface area contributed by atoms with Crippen molar-refractivity contribution in [2.24, 2.45) is 0 Å². The molecule has 0 radical (unpaired) electrons. The fourth-order valence-corrected chi connectivity index (χ4v) is 2.15. The van der Waals surface area contributed by atoms with Gasteiger partial charge in [0.1, 0.15) is 6.29 Å². The molecule has 0 atom stereocenters. The number of aryl methyl sites for hydroxylation is 1. The van der Waals surface area contributed by atoms with Crippen molar-refractivity contribution in [1.82, 2.24) is 4.98 Å². The minimum Gasteiger partial charge on any atom is -0.298 e. The van der Waals surface area contributed by atoms with Crippen LogP contribution in [-0.2, 0) is 6.42 Å². The lowest BCUT2D eigenvalue weighted by atomic mass is 10.0. The Morgan fingerprint density at radius 2 is 2.33 bits per heavy atom. The number of aldehydes is 1. The lowest BCUT2D eigenvalue weighted by molar-refractivity contribution is 0.112. The molecule has 0 amide bonds. The first-order valence-corrected chi connectivity index (χ1v) is 5.60. The van der Waals surface area contributed by atoms with Crippen molar-refractivity contribution in [1.29, 1.82) is 0 Å². The van der Waals surface area contributed by atoms with Gasteiger partial charge in [-0.2, -0.15) is 0 Å². The average molecular weight is 217 g/mol. The van der Waals surface area contributed by atoms with Crippen LogP contribution in [0.4, 0.5) is 0 Å². The molecule has 0 spiro atoms. The molecule has 2 rings (SSSR count). The van der Waals surface area contributed by atoms with E-state index in [4.69, 9.17) is 0 Å². The Morgan fingerprint density at radius 1 is 1.47 bits per heavy atom. The van der Waals surface area contributed by atoms with E-state index < -0.39 is 0 Å². The summed E-state index contributed by atoms with van der Waals surface area (Å²) in [5.74, 6) is 0. The van der Waals surface area contributed by atoms with Gasteiger partial charge < -0.3 is 0 Å². The van der Waals surface area contributed by atoms with Crippen LogP contribution in [0, 0.1) is 6.92 Å². The van der Waals surface area contributed by atoms with Crippen molar-refractivity contribution in [2.45, 2.75) is 13.3 Å². The fraction of sp³-hybridized carbons (Fsp3) is 0.167. The summed E-state index contributed by atoms with van der Waals surface area (Å²) in [7, 11) is 0. The standard InChI is InChI=1S/C12H11NOS/c1-9-2-3-10(8-14)11(6-9)7-12-13-4-5-15-12/h2-6,8H,7H2,1H3. The number of hydrogen-bond donors (Lipinski definition) is 0. The number of carbonyl (C=O) groups excluding carboxylic acids is 1. The summed E-state index contributed by atoms with van der Waals surface area (Å²) in [5.41, 5.74) is 2.99. The van der Waals surface area contributed by atoms with Crippen molar-refractivity contribution in [3.63, 3.8) is 0 Å². The second kappa shape index (κ2) is 4.36. The van der Waals surface area contributed by atoms with Crippen molar-refractivity contribution in [2.75, 3.05) is 0 Å². The van der Waals surface area contributed by atoms with Gasteiger partial charge in [0.25, 0.3) is 0 Å². The number of nitrogens with zero attached hydrogens (tertiary/aromatic N) is 1. The van der Waals surface area contributed by atoms with Crippen LogP contribution in [-0.4, -0.2) is 11.3 Å². The molecule has 0 aliphatic heterocycles. The Morgan fingerprint density at radius 3 is 3.00 bits per heavy atom. The molecule has 3 heteroatoms. The maximum absolute atomic E-state index is 10.9. The average Bonchev–Trinajstić information content (AvgIpc) is 2.71. The molecule has 2 aromatic rings. The molecular formula is C12H11NOS. The van der Waals surface area contributed by atoms with Gasteiger partial charge in [0.2, 0.25) is 0 Å². The van der Waals surface area contributed by atoms with Gasteiger partial charge in [-0.1, -0.05) is 23.8 Å². The van der Waals surface area contributed by atoms with Crippen LogP contribution < -0.4 is 0 Å². The van der Waals surface area contributed by atoms with Gasteiger partial charge in [-0.05, 0) is 12.5 Å². The molecule has 76 valence electrons. The minimum absolute atomic E-state index is 0.743. The minimum atomic E-state index is 0.743. The van der Waals surface area contributed by atoms with Gasteiger partial charge in [-0.25, -0.2) is 4.98 Å². The normalized spacial score (nSPS) is 10.2. The Hall–Kier alpha value is -1.48. The van der Waals surface area contributed by atoms with Gasteiger partial charge in [0.05, 0.1) is 5.01 Å². The van der Waals surface area contributed by atoms with Gasteiger partial charge in [0.15, 0.2) is 0 Å². The predicted molar refractivity (Wildman–Crippen MR) is 61.5 cm³/mol. The summed E-state index contributed by atoms with van der Waals surface area (Å²) in [6.45, 7) is 2.03. The van der Waals surface area contributed by atoms with Crippen LogP contribution >= 0.6 is 11.3 Å². The third-order valence-electron chi connectivity index (χ3n) is 2.25. The SMILES string of the molecule is Cc1ccc(C=O)c(Cc2nccs2)c1. The molecule has 0 N–H and O–H groups in total. The Bertz CT molecular complexity index is 462. The molecule has 0 aliphatic rings. The summed E-state index contributed by atoms with van der Waals surface area (Å²) in [4.78, 5) is 15.1. The third-order valence-corrected chi connectivity index (χ3v) is 3.03. The van der Waals surface area contributed by atoms with Crippen LogP contribution in [0.2, 0.25) is 0 Å². The third kappa shape index (κ3) is 2.30. The van der Waals surface area contributed by atoms with E-state index in [1.807, 2.05) is 30.5 Å². The smallest absolute Gasteiger partial charge is 0.150 e. The lowest BCUT2D eigenvalue weighted by Crippen LogP contribution is -1.94. The number of carbonyl (C=O) groups is 1. The highest BCUT2D eigenvalue weighted by atomic mass is 32.1. The van der Waals surface area contributed by atoms with E-state index in [-0.39, 0.29) is 0 Å². The fourth-order valence-electron chi connectivity index (χ4n) is 1.51. The molecule has 0 unspecified atom stereocenters. The summed E-state index contributed by atoms with van der Waals surface area (Å²) in [6.07, 6.45) is 3.44. The zero-order valence-corrected chi connectivity index (χ0v) is 9.25. The van der Waals surface area contributed by atoms with Crippen molar-refractivity contribution >= 4 is 17.6 Å². The van der Waals surface area contributed by atoms with E-state index in [0.717, 1.165) is 28.8 Å². The Labute approximate surface area is 92.6 Å². The molecule has 0 saturated heterocycles. The topological polar surface area (TPSA) is 30.0 Å². The molecule has 0 fully saturated rings. The summed E-state index contributed by atoms with van der Waals surface area (Å²) in [6, 6.07) is 5.87. The maximum Gasteiger partial charge on any atom is 0.150 e. The maximum atomic E-state index is 10.9. The number of benzene rings is 1. The van der Waals surface area contributed by atoms with Crippen LogP contribution in [0.1, 0.15) is 26.5 Å². The quantitative estimate of drug-likeness (QED) is 0.740. The summed E-state index contributed by atoms with van der Waals surface area (Å²) < 4.78 is 0. The van der Waals surface area contributed by atoms with E-state index in [1.54, 1.807) is 17.5 Å². The highest BCUT2D eigenvalue weighted by molar-refractivity contribution is 7.09. The van der Waals surface area contributed by atoms with Crippen molar-refractivity contribution < 1.29 is 4.79 Å². The predicted octanol–water partition coefficient (Wildman–Crippen LogP) is 2.85. The van der Waals surface area contributed by atoms with Crippen LogP contribution in [0.25, 0.3) is 0 Å². The molecule has 0 bridgehead atoms. The van der Waals surface area contributed by atoms with E-state index in [2.05, 4.69) is 4.98 Å². The van der Waals surface area contributed by atoms with Gasteiger partial charge in [-0.15, -0.1) is 11.3 Å². The summed E-state index contributed by atoms with van der Waals surface area (Å²) >= 11 is 1.62. The lowest BCUT2D eigenvalue weighted by Gasteiger charge is -2.03. The van der Waals surface area contributed by atoms with Gasteiger partial charge >= 0.3 is 0 Å². The molecule has 1 aromatic carbocycles. The summed E-state index contributed by atoms with van der Waals surface area (Å²) in [5, 5.41) is 3.00. The number of hydrogen-bond acceptors (Lipinski definition) is 3. The molecule has 15 heavy (non-hydrogen) atoms. The van der Waals surface area contributed by atoms with Crippen molar-refractivity contribution in [3.05, 3.63) is 51.5 Å². The van der Waals surface area contributed by atoms with E-state index in [0.29, 0.717) is 0 Å². The zero-order chi connectivity index (χ0) is 10.7. The van der Waals surface area contributed by atoms with E-state index in [9.17, 15) is 4.79 Å². The van der Waals surface area contributed by atoms with Crippen LogP contribution in [0.3, 0.4) is 0 Å².